The molecule has 2 amide bonds. The highest BCUT2D eigenvalue weighted by atomic mass is 35.5. The molecule has 0 bridgehead atoms. The smallest absolute Gasteiger partial charge is 0.412 e. The van der Waals surface area contributed by atoms with Gasteiger partial charge in [0.15, 0.2) is 12.1 Å². The number of benzene rings is 1. The number of carboxylic acid groups (broad SMARTS) is 1. The van der Waals surface area contributed by atoms with Crippen molar-refractivity contribution in [2.24, 2.45) is 4.99 Å². The Morgan fingerprint density at radius 2 is 1.97 bits per heavy atom. The first kappa shape index (κ1) is 21.3. The lowest BCUT2D eigenvalue weighted by molar-refractivity contribution is -0.117. The number of alkyl halides is 2. The van der Waals surface area contributed by atoms with Gasteiger partial charge in [-0.05, 0) is 25.1 Å². The monoisotopic (exact) mass is 443 g/mol. The number of carbonyl (C=O) groups excluding carboxylic acids is 1. The summed E-state index contributed by atoms with van der Waals surface area (Å²) in [6, 6.07) is 2.29. The lowest BCUT2D eigenvalue weighted by Crippen LogP contribution is -2.52. The molecule has 0 aliphatic carbocycles. The number of nitrogens with zero attached hydrogens (tertiary/aromatic N) is 3. The number of anilines is 1. The second-order valence-corrected chi connectivity index (χ2v) is 6.67. The minimum absolute atomic E-state index is 0.0281. The predicted molar refractivity (Wildman–Crippen MR) is 98.2 cm³/mol. The predicted octanol–water partition coefficient (Wildman–Crippen LogP) is 3.03. The zero-order valence-corrected chi connectivity index (χ0v) is 15.9. The lowest BCUT2D eigenvalue weighted by Gasteiger charge is -2.38. The Bertz CT molecular complexity index is 1030. The summed E-state index contributed by atoms with van der Waals surface area (Å²) < 4.78 is 48.4. The number of halogens is 4. The van der Waals surface area contributed by atoms with E-state index in [0.717, 1.165) is 37.5 Å². The molecule has 3 N–H and O–H groups in total. The van der Waals surface area contributed by atoms with Crippen LogP contribution in [-0.2, 0) is 10.3 Å². The van der Waals surface area contributed by atoms with Crippen molar-refractivity contribution < 1.29 is 32.6 Å². The molecule has 0 saturated carbocycles. The molecule has 0 spiro atoms. The summed E-state index contributed by atoms with van der Waals surface area (Å²) >= 11 is 5.60. The second kappa shape index (κ2) is 7.78. The molecule has 13 heteroatoms. The fourth-order valence-electron chi connectivity index (χ4n) is 2.63. The van der Waals surface area contributed by atoms with Crippen molar-refractivity contribution in [3.05, 3.63) is 52.8 Å². The van der Waals surface area contributed by atoms with Crippen molar-refractivity contribution in [1.82, 2.24) is 15.3 Å². The SMILES string of the molecule is C[C@]1(c2cc(NC(=O)c3cnc(Cl)cn3)ccc2F)N=C(NC(=O)O)OCC1(F)F. The molecule has 2 aromatic rings. The van der Waals surface area contributed by atoms with E-state index in [2.05, 4.69) is 25.0 Å². The number of carbonyl (C=O) groups is 2. The van der Waals surface area contributed by atoms with Gasteiger partial charge in [-0.15, -0.1) is 0 Å². The minimum atomic E-state index is -3.69. The highest BCUT2D eigenvalue weighted by Gasteiger charge is 2.56. The van der Waals surface area contributed by atoms with Gasteiger partial charge in [0.05, 0.1) is 12.4 Å². The van der Waals surface area contributed by atoms with Crippen LogP contribution in [0.3, 0.4) is 0 Å². The van der Waals surface area contributed by atoms with Gasteiger partial charge in [-0.3, -0.25) is 4.79 Å². The fraction of sp³-hybridized carbons (Fsp3) is 0.235. The third-order valence-corrected chi connectivity index (χ3v) is 4.44. The number of aromatic nitrogens is 2. The molecular formula is C17H13ClF3N5O4. The number of amides is 2. The molecule has 158 valence electrons. The van der Waals surface area contributed by atoms with Gasteiger partial charge in [0.1, 0.15) is 16.7 Å². The standard InChI is InChI=1S/C17H13ClF3N5O4/c1-16(17(20,21)7-30-14(26-16)25-15(28)29)9-4-8(2-3-10(9)19)24-13(27)11-5-23-12(18)6-22-11/h2-6H,7H2,1H3,(H,24,27)(H,25,26)(H,28,29)/t16-/m1/s1. The molecule has 0 radical (unpaired) electrons. The minimum Gasteiger partial charge on any atom is -0.465 e. The van der Waals surface area contributed by atoms with E-state index in [-0.39, 0.29) is 16.5 Å². The number of hydrogen-bond acceptors (Lipinski definition) is 6. The third-order valence-electron chi connectivity index (χ3n) is 4.24. The summed E-state index contributed by atoms with van der Waals surface area (Å²) in [7, 11) is 0. The Labute approximate surface area is 172 Å². The molecule has 0 saturated heterocycles. The lowest BCUT2D eigenvalue weighted by atomic mass is 9.85. The average Bonchev–Trinajstić information content (AvgIpc) is 2.66. The van der Waals surface area contributed by atoms with E-state index < -0.39 is 47.5 Å². The second-order valence-electron chi connectivity index (χ2n) is 6.29. The van der Waals surface area contributed by atoms with Crippen LogP contribution in [0.2, 0.25) is 5.15 Å². The molecule has 9 nitrogen and oxygen atoms in total. The summed E-state index contributed by atoms with van der Waals surface area (Å²) in [6.07, 6.45) is 0.651. The first-order valence-corrected chi connectivity index (χ1v) is 8.59. The number of hydrogen-bond donors (Lipinski definition) is 3. The maximum atomic E-state index is 14.6. The van der Waals surface area contributed by atoms with E-state index in [9.17, 15) is 22.8 Å². The first-order valence-electron chi connectivity index (χ1n) is 8.21. The molecule has 1 aliphatic heterocycles. The zero-order chi connectivity index (χ0) is 22.1. The van der Waals surface area contributed by atoms with Crippen molar-refractivity contribution in [2.45, 2.75) is 18.4 Å². The Hall–Kier alpha value is -3.41. The molecule has 30 heavy (non-hydrogen) atoms. The van der Waals surface area contributed by atoms with Gasteiger partial charge in [0.2, 0.25) is 0 Å². The summed E-state index contributed by atoms with van der Waals surface area (Å²) in [5.74, 6) is -5.47. The van der Waals surface area contributed by atoms with Crippen LogP contribution >= 0.6 is 11.6 Å². The molecule has 0 unspecified atom stereocenters. The van der Waals surface area contributed by atoms with Crippen LogP contribution in [0.15, 0.2) is 35.6 Å². The molecule has 1 aromatic heterocycles. The van der Waals surface area contributed by atoms with Gasteiger partial charge in [0, 0.05) is 11.3 Å². The summed E-state index contributed by atoms with van der Waals surface area (Å²) in [4.78, 5) is 34.1. The molecule has 1 aliphatic rings. The van der Waals surface area contributed by atoms with E-state index in [1.807, 2.05) is 0 Å². The number of rotatable bonds is 3. The van der Waals surface area contributed by atoms with E-state index >= 15 is 0 Å². The van der Waals surface area contributed by atoms with Gasteiger partial charge in [-0.2, -0.15) is 8.78 Å². The molecule has 1 aromatic carbocycles. The summed E-state index contributed by atoms with van der Waals surface area (Å²) in [5, 5.41) is 12.9. The topological polar surface area (TPSA) is 126 Å². The van der Waals surface area contributed by atoms with Crippen molar-refractivity contribution in [1.29, 1.82) is 0 Å². The Kier molecular flexibility index (Phi) is 5.53. The van der Waals surface area contributed by atoms with Crippen LogP contribution in [0.25, 0.3) is 0 Å². The quantitative estimate of drug-likeness (QED) is 0.669. The summed E-state index contributed by atoms with van der Waals surface area (Å²) in [6.45, 7) is -0.313. The average molecular weight is 444 g/mol. The van der Waals surface area contributed by atoms with Gasteiger partial charge < -0.3 is 15.2 Å². The Balaban J connectivity index is 1.97. The van der Waals surface area contributed by atoms with Gasteiger partial charge in [-0.25, -0.2) is 29.5 Å². The van der Waals surface area contributed by atoms with Gasteiger partial charge in [0.25, 0.3) is 11.9 Å². The van der Waals surface area contributed by atoms with E-state index in [1.54, 1.807) is 5.32 Å². The van der Waals surface area contributed by atoms with Gasteiger partial charge >= 0.3 is 12.0 Å². The molecule has 3 rings (SSSR count). The van der Waals surface area contributed by atoms with Crippen LogP contribution < -0.4 is 10.6 Å². The molecular weight excluding hydrogens is 431 g/mol. The maximum absolute atomic E-state index is 14.6. The molecule has 1 atom stereocenters. The van der Waals surface area contributed by atoms with Crippen molar-refractivity contribution >= 4 is 35.3 Å². The normalized spacial score (nSPS) is 20.0. The summed E-state index contributed by atoms with van der Waals surface area (Å²) in [5.41, 5.74) is -3.24. The highest BCUT2D eigenvalue weighted by molar-refractivity contribution is 6.29. The zero-order valence-electron chi connectivity index (χ0n) is 15.1. The maximum Gasteiger partial charge on any atom is 0.412 e. The Morgan fingerprint density at radius 1 is 1.23 bits per heavy atom. The number of ether oxygens (including phenoxy) is 1. The van der Waals surface area contributed by atoms with Crippen molar-refractivity contribution in [2.75, 3.05) is 11.9 Å². The van der Waals surface area contributed by atoms with Crippen molar-refractivity contribution in [3.63, 3.8) is 0 Å². The Morgan fingerprint density at radius 3 is 2.60 bits per heavy atom. The molecule has 0 fully saturated rings. The van der Waals surface area contributed by atoms with Crippen LogP contribution in [-0.4, -0.2) is 45.6 Å². The van der Waals surface area contributed by atoms with Crippen LogP contribution in [0.4, 0.5) is 23.7 Å². The first-order chi connectivity index (χ1) is 14.0. The van der Waals surface area contributed by atoms with Crippen LogP contribution in [0, 0.1) is 5.82 Å². The largest absolute Gasteiger partial charge is 0.465 e. The van der Waals surface area contributed by atoms with Crippen LogP contribution in [0.5, 0.6) is 0 Å². The molecule has 2 heterocycles. The van der Waals surface area contributed by atoms with Gasteiger partial charge in [-0.1, -0.05) is 11.6 Å². The fourth-order valence-corrected chi connectivity index (χ4v) is 2.73. The van der Waals surface area contributed by atoms with Crippen molar-refractivity contribution in [3.8, 4) is 0 Å². The highest BCUT2D eigenvalue weighted by Crippen LogP contribution is 2.45. The van der Waals surface area contributed by atoms with E-state index in [0.29, 0.717) is 0 Å². The van der Waals surface area contributed by atoms with E-state index in [1.165, 1.54) is 0 Å². The number of aliphatic imine (C=N–C) groups is 1. The number of nitrogens with one attached hydrogen (secondary N) is 2. The third kappa shape index (κ3) is 4.13. The van der Waals surface area contributed by atoms with E-state index in [4.69, 9.17) is 16.7 Å². The number of amidine groups is 1. The van der Waals surface area contributed by atoms with Crippen LogP contribution in [0.1, 0.15) is 23.0 Å².